The fourth-order valence-corrected chi connectivity index (χ4v) is 3.50. The first-order valence-electron chi connectivity index (χ1n) is 9.98. The number of aromatic nitrogens is 2. The molecule has 0 saturated carbocycles. The van der Waals surface area contributed by atoms with Crippen molar-refractivity contribution in [3.63, 3.8) is 0 Å². The van der Waals surface area contributed by atoms with Gasteiger partial charge in [0, 0.05) is 45.3 Å². The zero-order valence-electron chi connectivity index (χ0n) is 16.8. The van der Waals surface area contributed by atoms with Crippen molar-refractivity contribution in [2.75, 3.05) is 32.7 Å². The molecule has 2 N–H and O–H groups in total. The van der Waals surface area contributed by atoms with Crippen molar-refractivity contribution < 1.29 is 4.79 Å². The minimum atomic E-state index is -0.0469. The molecule has 1 aromatic carbocycles. The van der Waals surface area contributed by atoms with E-state index in [4.69, 9.17) is 0 Å². The van der Waals surface area contributed by atoms with E-state index in [1.54, 1.807) is 0 Å². The number of amides is 1. The SMILES string of the molecule is CCNC(=NCC(=O)NCCc1ccccc1)N1CCC(c2cnn(C)c2)C1. The Hall–Kier alpha value is -2.83. The number of guanidine groups is 1. The quantitative estimate of drug-likeness (QED) is 0.563. The summed E-state index contributed by atoms with van der Waals surface area (Å²) >= 11 is 0. The molecule has 1 aliphatic heterocycles. The van der Waals surface area contributed by atoms with E-state index < -0.39 is 0 Å². The Balaban J connectivity index is 1.49. The Morgan fingerprint density at radius 3 is 2.82 bits per heavy atom. The maximum atomic E-state index is 12.2. The molecule has 2 aromatic rings. The van der Waals surface area contributed by atoms with Gasteiger partial charge in [-0.1, -0.05) is 30.3 Å². The first-order chi connectivity index (χ1) is 13.7. The first-order valence-corrected chi connectivity index (χ1v) is 9.98. The molecule has 0 spiro atoms. The number of rotatable bonds is 7. The lowest BCUT2D eigenvalue weighted by molar-refractivity contribution is -0.119. The summed E-state index contributed by atoms with van der Waals surface area (Å²) in [5.41, 5.74) is 2.48. The molecule has 1 amide bonds. The molecular formula is C21H30N6O. The van der Waals surface area contributed by atoms with Crippen LogP contribution in [0.4, 0.5) is 0 Å². The summed E-state index contributed by atoms with van der Waals surface area (Å²) in [6.07, 6.45) is 5.92. The fraction of sp³-hybridized carbons (Fsp3) is 0.476. The number of nitrogens with zero attached hydrogens (tertiary/aromatic N) is 4. The van der Waals surface area contributed by atoms with Crippen LogP contribution in [0.5, 0.6) is 0 Å². The van der Waals surface area contributed by atoms with Gasteiger partial charge in [0.1, 0.15) is 6.54 Å². The van der Waals surface area contributed by atoms with E-state index in [-0.39, 0.29) is 12.5 Å². The second kappa shape index (κ2) is 9.92. The van der Waals surface area contributed by atoms with Crippen LogP contribution in [0.15, 0.2) is 47.7 Å². The number of benzene rings is 1. The van der Waals surface area contributed by atoms with Gasteiger partial charge in [-0.15, -0.1) is 0 Å². The third kappa shape index (κ3) is 5.58. The Labute approximate surface area is 166 Å². The highest BCUT2D eigenvalue weighted by Gasteiger charge is 2.27. The molecule has 1 aromatic heterocycles. The van der Waals surface area contributed by atoms with Gasteiger partial charge in [0.2, 0.25) is 5.91 Å². The number of carbonyl (C=O) groups is 1. The Morgan fingerprint density at radius 2 is 2.11 bits per heavy atom. The molecule has 28 heavy (non-hydrogen) atoms. The van der Waals surface area contributed by atoms with Crippen LogP contribution in [0.1, 0.15) is 30.4 Å². The van der Waals surface area contributed by atoms with Gasteiger partial charge in [0.25, 0.3) is 0 Å². The molecule has 150 valence electrons. The van der Waals surface area contributed by atoms with E-state index >= 15 is 0 Å². The molecule has 2 heterocycles. The van der Waals surface area contributed by atoms with Crippen molar-refractivity contribution in [3.05, 3.63) is 53.9 Å². The first kappa shape index (κ1) is 19.9. The molecule has 1 fully saturated rings. The summed E-state index contributed by atoms with van der Waals surface area (Å²) in [4.78, 5) is 19.0. The Bertz CT molecular complexity index is 785. The summed E-state index contributed by atoms with van der Waals surface area (Å²) < 4.78 is 1.84. The van der Waals surface area contributed by atoms with Crippen LogP contribution in [0.2, 0.25) is 0 Å². The highest BCUT2D eigenvalue weighted by Crippen LogP contribution is 2.26. The van der Waals surface area contributed by atoms with E-state index in [0.717, 1.165) is 38.4 Å². The van der Waals surface area contributed by atoms with Crippen LogP contribution in [0, 0.1) is 0 Å². The summed E-state index contributed by atoms with van der Waals surface area (Å²) in [6.45, 7) is 5.42. The van der Waals surface area contributed by atoms with Gasteiger partial charge >= 0.3 is 0 Å². The predicted molar refractivity (Wildman–Crippen MR) is 111 cm³/mol. The van der Waals surface area contributed by atoms with E-state index in [0.29, 0.717) is 12.5 Å². The van der Waals surface area contributed by atoms with Crippen molar-refractivity contribution in [2.24, 2.45) is 12.0 Å². The molecule has 1 unspecified atom stereocenters. The van der Waals surface area contributed by atoms with E-state index in [1.165, 1.54) is 11.1 Å². The highest BCUT2D eigenvalue weighted by atomic mass is 16.1. The normalized spacial score (nSPS) is 17.0. The van der Waals surface area contributed by atoms with Crippen molar-refractivity contribution in [1.82, 2.24) is 25.3 Å². The summed E-state index contributed by atoms with van der Waals surface area (Å²) in [5, 5.41) is 10.5. The Morgan fingerprint density at radius 1 is 1.29 bits per heavy atom. The van der Waals surface area contributed by atoms with Crippen molar-refractivity contribution in [3.8, 4) is 0 Å². The summed E-state index contributed by atoms with van der Waals surface area (Å²) in [6, 6.07) is 10.2. The zero-order chi connectivity index (χ0) is 19.8. The van der Waals surface area contributed by atoms with Crippen LogP contribution in [0.3, 0.4) is 0 Å². The maximum Gasteiger partial charge on any atom is 0.241 e. The zero-order valence-corrected chi connectivity index (χ0v) is 16.8. The molecule has 0 aliphatic carbocycles. The van der Waals surface area contributed by atoms with Gasteiger partial charge in [-0.3, -0.25) is 9.48 Å². The second-order valence-corrected chi connectivity index (χ2v) is 7.13. The number of aryl methyl sites for hydroxylation is 1. The lowest BCUT2D eigenvalue weighted by Crippen LogP contribution is -2.41. The largest absolute Gasteiger partial charge is 0.357 e. The van der Waals surface area contributed by atoms with Crippen LogP contribution >= 0.6 is 0 Å². The summed E-state index contributed by atoms with van der Waals surface area (Å²) in [5.74, 6) is 1.22. The molecule has 0 radical (unpaired) electrons. The molecule has 3 rings (SSSR count). The summed E-state index contributed by atoms with van der Waals surface area (Å²) in [7, 11) is 1.94. The standard InChI is InChI=1S/C21H30N6O/c1-3-22-21(27-12-10-18(16-27)19-13-25-26(2)15-19)24-14-20(28)23-11-9-17-7-5-4-6-8-17/h4-8,13,15,18H,3,9-12,14,16H2,1-2H3,(H,22,24)(H,23,28). The maximum absolute atomic E-state index is 12.2. The topological polar surface area (TPSA) is 74.6 Å². The molecule has 1 saturated heterocycles. The number of likely N-dealkylation sites (tertiary alicyclic amines) is 1. The third-order valence-corrected chi connectivity index (χ3v) is 4.97. The van der Waals surface area contributed by atoms with Crippen molar-refractivity contribution in [1.29, 1.82) is 0 Å². The van der Waals surface area contributed by atoms with Gasteiger partial charge in [0.15, 0.2) is 5.96 Å². The molecule has 7 nitrogen and oxygen atoms in total. The molecule has 1 atom stereocenters. The average Bonchev–Trinajstić information content (AvgIpc) is 3.35. The number of hydrogen-bond acceptors (Lipinski definition) is 3. The Kier molecular flexibility index (Phi) is 7.06. The van der Waals surface area contributed by atoms with Crippen LogP contribution in [-0.2, 0) is 18.3 Å². The monoisotopic (exact) mass is 382 g/mol. The lowest BCUT2D eigenvalue weighted by atomic mass is 10.0. The fourth-order valence-electron chi connectivity index (χ4n) is 3.50. The average molecular weight is 383 g/mol. The number of carbonyl (C=O) groups excluding carboxylic acids is 1. The van der Waals surface area contributed by atoms with Gasteiger partial charge in [0.05, 0.1) is 6.20 Å². The number of nitrogens with one attached hydrogen (secondary N) is 2. The number of aliphatic imine (C=N–C) groups is 1. The highest BCUT2D eigenvalue weighted by molar-refractivity contribution is 5.85. The van der Waals surface area contributed by atoms with Gasteiger partial charge in [-0.25, -0.2) is 4.99 Å². The van der Waals surface area contributed by atoms with Crippen molar-refractivity contribution in [2.45, 2.75) is 25.7 Å². The second-order valence-electron chi connectivity index (χ2n) is 7.13. The minimum absolute atomic E-state index is 0.0469. The smallest absolute Gasteiger partial charge is 0.241 e. The van der Waals surface area contributed by atoms with Gasteiger partial charge < -0.3 is 15.5 Å². The molecule has 1 aliphatic rings. The predicted octanol–water partition coefficient (Wildman–Crippen LogP) is 1.53. The molecule has 7 heteroatoms. The van der Waals surface area contributed by atoms with Gasteiger partial charge in [-0.05, 0) is 30.9 Å². The lowest BCUT2D eigenvalue weighted by Gasteiger charge is -2.21. The van der Waals surface area contributed by atoms with Crippen molar-refractivity contribution >= 4 is 11.9 Å². The van der Waals surface area contributed by atoms with E-state index in [9.17, 15) is 4.79 Å². The number of hydrogen-bond donors (Lipinski definition) is 2. The minimum Gasteiger partial charge on any atom is -0.357 e. The van der Waals surface area contributed by atoms with Crippen LogP contribution < -0.4 is 10.6 Å². The third-order valence-electron chi connectivity index (χ3n) is 4.97. The van der Waals surface area contributed by atoms with Crippen LogP contribution in [0.25, 0.3) is 0 Å². The van der Waals surface area contributed by atoms with E-state index in [2.05, 4.69) is 44.0 Å². The molecule has 0 bridgehead atoms. The molecular weight excluding hydrogens is 352 g/mol. The van der Waals surface area contributed by atoms with Gasteiger partial charge in [-0.2, -0.15) is 5.10 Å². The van der Waals surface area contributed by atoms with E-state index in [1.807, 2.05) is 43.0 Å². The van der Waals surface area contributed by atoms with Crippen LogP contribution in [-0.4, -0.2) is 59.3 Å².